The standard InChI is InChI=1S/C13H22NO11P/c1-6(15)14-9-7(16)4-13(23-3,12(19)22-2)25-11(9)10(18)8(17)5-24-26(20)21/h7-11,16-18H,4-5H2,1-3H3,(H-,14,15,20,21)/p+1/t7-,8+,9+,10+,11+,13+/m0/s1. The number of ether oxygens (including phenoxy) is 3. The zero-order valence-electron chi connectivity index (χ0n) is 14.4. The Morgan fingerprint density at radius 1 is 1.38 bits per heavy atom. The van der Waals surface area contributed by atoms with Gasteiger partial charge >= 0.3 is 14.2 Å². The van der Waals surface area contributed by atoms with Gasteiger partial charge in [-0.2, -0.15) is 0 Å². The normalized spacial score (nSPS) is 31.7. The molecule has 1 rings (SSSR count). The molecule has 1 saturated heterocycles. The highest BCUT2D eigenvalue weighted by Crippen LogP contribution is 2.33. The first-order valence-corrected chi connectivity index (χ1v) is 8.62. The van der Waals surface area contributed by atoms with Gasteiger partial charge in [-0.25, -0.2) is 4.79 Å². The Kier molecular flexibility index (Phi) is 8.44. The average Bonchev–Trinajstić information content (AvgIpc) is 2.59. The fourth-order valence-electron chi connectivity index (χ4n) is 2.62. The number of nitrogens with one attached hydrogen (secondary N) is 1. The largest absolute Gasteiger partial charge is 0.694 e. The van der Waals surface area contributed by atoms with Gasteiger partial charge in [-0.15, -0.1) is 9.42 Å². The van der Waals surface area contributed by atoms with Crippen LogP contribution in [0.15, 0.2) is 0 Å². The molecule has 1 amide bonds. The quantitative estimate of drug-likeness (QED) is 0.215. The summed E-state index contributed by atoms with van der Waals surface area (Å²) in [6.07, 6.45) is -6.92. The van der Waals surface area contributed by atoms with Gasteiger partial charge in [-0.1, -0.05) is 0 Å². The van der Waals surface area contributed by atoms with Crippen molar-refractivity contribution in [1.29, 1.82) is 0 Å². The maximum atomic E-state index is 12.0. The molecule has 1 aliphatic rings. The third-order valence-electron chi connectivity index (χ3n) is 3.86. The lowest BCUT2D eigenvalue weighted by atomic mass is 9.88. The van der Waals surface area contributed by atoms with Crippen molar-refractivity contribution in [3.63, 3.8) is 0 Å². The summed E-state index contributed by atoms with van der Waals surface area (Å²) in [6, 6.07) is -1.21. The van der Waals surface area contributed by atoms with Gasteiger partial charge in [0.15, 0.2) is 0 Å². The van der Waals surface area contributed by atoms with Crippen molar-refractivity contribution in [3.05, 3.63) is 0 Å². The van der Waals surface area contributed by atoms with Crippen molar-refractivity contribution in [3.8, 4) is 0 Å². The van der Waals surface area contributed by atoms with Gasteiger partial charge in [0.25, 0.3) is 5.79 Å². The molecule has 1 fully saturated rings. The Bertz CT molecular complexity index is 532. The van der Waals surface area contributed by atoms with Crippen LogP contribution in [0.2, 0.25) is 0 Å². The molecule has 1 aliphatic heterocycles. The summed E-state index contributed by atoms with van der Waals surface area (Å²) >= 11 is 0. The molecule has 12 nitrogen and oxygen atoms in total. The summed E-state index contributed by atoms with van der Waals surface area (Å²) in [5.41, 5.74) is 0. The lowest BCUT2D eigenvalue weighted by molar-refractivity contribution is -0.304. The van der Waals surface area contributed by atoms with E-state index < -0.39 is 69.4 Å². The van der Waals surface area contributed by atoms with E-state index in [4.69, 9.17) is 14.4 Å². The molecule has 5 N–H and O–H groups in total. The smallest absolute Gasteiger partial charge is 0.465 e. The van der Waals surface area contributed by atoms with Crippen molar-refractivity contribution in [1.82, 2.24) is 5.32 Å². The van der Waals surface area contributed by atoms with Gasteiger partial charge in [-0.05, 0) is 0 Å². The van der Waals surface area contributed by atoms with Crippen molar-refractivity contribution >= 4 is 20.1 Å². The predicted octanol–water partition coefficient (Wildman–Crippen LogP) is -2.46. The number of rotatable bonds is 8. The molecule has 13 heteroatoms. The molecule has 0 radical (unpaired) electrons. The molecule has 26 heavy (non-hydrogen) atoms. The summed E-state index contributed by atoms with van der Waals surface area (Å²) in [6.45, 7) is 0.415. The van der Waals surface area contributed by atoms with Gasteiger partial charge in [0.1, 0.15) is 24.9 Å². The maximum absolute atomic E-state index is 12.0. The number of aliphatic hydroxyl groups is 3. The van der Waals surface area contributed by atoms with Crippen LogP contribution in [0.1, 0.15) is 13.3 Å². The lowest BCUT2D eigenvalue weighted by Gasteiger charge is -2.46. The highest BCUT2D eigenvalue weighted by atomic mass is 31.1. The number of carbonyl (C=O) groups is 2. The van der Waals surface area contributed by atoms with Crippen LogP contribution in [0.25, 0.3) is 0 Å². The van der Waals surface area contributed by atoms with E-state index in [9.17, 15) is 29.5 Å². The minimum absolute atomic E-state index is 0.417. The molecule has 0 spiro atoms. The molecule has 0 aromatic rings. The molecule has 0 aliphatic carbocycles. The summed E-state index contributed by atoms with van der Waals surface area (Å²) in [5.74, 6) is -3.65. The van der Waals surface area contributed by atoms with Gasteiger partial charge < -0.3 is 34.8 Å². The van der Waals surface area contributed by atoms with E-state index in [1.54, 1.807) is 0 Å². The number of carbonyl (C=O) groups excluding carboxylic acids is 2. The fourth-order valence-corrected chi connectivity index (χ4v) is 2.90. The molecule has 0 saturated carbocycles. The highest BCUT2D eigenvalue weighted by Gasteiger charge is 2.55. The Morgan fingerprint density at radius 3 is 2.46 bits per heavy atom. The van der Waals surface area contributed by atoms with Crippen LogP contribution in [-0.2, 0) is 32.9 Å². The monoisotopic (exact) mass is 400 g/mol. The lowest BCUT2D eigenvalue weighted by Crippen LogP contribution is -2.67. The first-order valence-electron chi connectivity index (χ1n) is 7.49. The maximum Gasteiger partial charge on any atom is 0.694 e. The Hall–Kier alpha value is -1.24. The minimum atomic E-state index is -3.02. The van der Waals surface area contributed by atoms with E-state index in [0.717, 1.165) is 21.1 Å². The molecular weight excluding hydrogens is 377 g/mol. The fraction of sp³-hybridized carbons (Fsp3) is 0.846. The van der Waals surface area contributed by atoms with Crippen LogP contribution in [0.4, 0.5) is 0 Å². The third kappa shape index (κ3) is 5.38. The highest BCUT2D eigenvalue weighted by molar-refractivity contribution is 7.32. The zero-order valence-corrected chi connectivity index (χ0v) is 15.3. The first kappa shape index (κ1) is 22.8. The Labute approximate surface area is 149 Å². The predicted molar refractivity (Wildman–Crippen MR) is 82.6 cm³/mol. The number of aliphatic hydroxyl groups excluding tert-OH is 3. The van der Waals surface area contributed by atoms with E-state index in [1.165, 1.54) is 0 Å². The second kappa shape index (κ2) is 9.62. The topological polar surface area (TPSA) is 181 Å². The van der Waals surface area contributed by atoms with Crippen molar-refractivity contribution in [2.24, 2.45) is 0 Å². The van der Waals surface area contributed by atoms with E-state index in [-0.39, 0.29) is 0 Å². The van der Waals surface area contributed by atoms with Gasteiger partial charge in [0.2, 0.25) is 5.91 Å². The molecule has 0 aromatic carbocycles. The molecule has 7 atom stereocenters. The van der Waals surface area contributed by atoms with Gasteiger partial charge in [0.05, 0.1) is 19.3 Å². The SMILES string of the molecule is COC(=O)[C@@]1(OC)C[C@H](O)[C@@H](NC(C)=O)[C@H]([C@H](O)[C@H](O)CO[P+](=O)O)O1. The Morgan fingerprint density at radius 2 is 2.00 bits per heavy atom. The zero-order chi connectivity index (χ0) is 20.1. The number of hydrogen-bond donors (Lipinski definition) is 5. The molecule has 0 aromatic heterocycles. The van der Waals surface area contributed by atoms with E-state index >= 15 is 0 Å². The molecule has 1 unspecified atom stereocenters. The van der Waals surface area contributed by atoms with Crippen LogP contribution >= 0.6 is 8.25 Å². The summed E-state index contributed by atoms with van der Waals surface area (Å²) in [5, 5.41) is 33.0. The molecule has 1 heterocycles. The second-order valence-corrected chi connectivity index (χ2v) is 6.35. The van der Waals surface area contributed by atoms with Crippen LogP contribution < -0.4 is 5.32 Å². The third-order valence-corrected chi connectivity index (χ3v) is 4.23. The van der Waals surface area contributed by atoms with E-state index in [0.29, 0.717) is 0 Å². The van der Waals surface area contributed by atoms with Crippen LogP contribution in [0.5, 0.6) is 0 Å². The van der Waals surface area contributed by atoms with Gasteiger partial charge in [-0.3, -0.25) is 4.79 Å². The second-order valence-electron chi connectivity index (χ2n) is 5.62. The summed E-state index contributed by atoms with van der Waals surface area (Å²) < 4.78 is 30.0. The van der Waals surface area contributed by atoms with Gasteiger partial charge in [0, 0.05) is 25.0 Å². The Balaban J connectivity index is 3.13. The average molecular weight is 400 g/mol. The van der Waals surface area contributed by atoms with Crippen LogP contribution in [0, 0.1) is 0 Å². The minimum Gasteiger partial charge on any atom is -0.465 e. The molecule has 150 valence electrons. The summed E-state index contributed by atoms with van der Waals surface area (Å²) in [4.78, 5) is 32.0. The number of hydrogen-bond acceptors (Lipinski definition) is 10. The van der Waals surface area contributed by atoms with Crippen molar-refractivity contribution in [2.75, 3.05) is 20.8 Å². The number of methoxy groups -OCH3 is 2. The van der Waals surface area contributed by atoms with Crippen LogP contribution in [-0.4, -0.2) is 89.2 Å². The van der Waals surface area contributed by atoms with E-state index in [2.05, 4.69) is 14.6 Å². The first-order chi connectivity index (χ1) is 12.1. The number of amides is 1. The summed E-state index contributed by atoms with van der Waals surface area (Å²) in [7, 11) is -0.851. The van der Waals surface area contributed by atoms with E-state index in [1.807, 2.05) is 0 Å². The van der Waals surface area contributed by atoms with Crippen molar-refractivity contribution in [2.45, 2.75) is 49.6 Å². The number of esters is 1. The van der Waals surface area contributed by atoms with Crippen molar-refractivity contribution < 1.29 is 53.1 Å². The molecular formula is C13H23NO11P+. The van der Waals surface area contributed by atoms with Crippen LogP contribution in [0.3, 0.4) is 0 Å². The molecule has 0 bridgehead atoms.